The Kier molecular flexibility index (Phi) is 23.5. The van der Waals surface area contributed by atoms with Gasteiger partial charge in [-0.2, -0.15) is 0 Å². The zero-order valence-electron chi connectivity index (χ0n) is 22.8. The lowest BCUT2D eigenvalue weighted by molar-refractivity contribution is -0.121. The average Bonchev–Trinajstić information content (AvgIpc) is 2.81. The van der Waals surface area contributed by atoms with Crippen molar-refractivity contribution >= 4 is 33.6 Å². The summed E-state index contributed by atoms with van der Waals surface area (Å²) in [7, 11) is 3.37. The molecule has 0 spiro atoms. The number of ether oxygens (including phenoxy) is 1. The first-order valence-electron chi connectivity index (χ1n) is 13.1. The van der Waals surface area contributed by atoms with E-state index in [9.17, 15) is 9.59 Å². The van der Waals surface area contributed by atoms with Gasteiger partial charge in [0.1, 0.15) is 5.60 Å². The molecule has 0 rings (SSSR count). The number of amides is 2. The molecule has 0 bridgehead atoms. The van der Waals surface area contributed by atoms with Gasteiger partial charge in [0.2, 0.25) is 5.91 Å². The number of hydrogen-bond acceptors (Lipinski definition) is 5. The van der Waals surface area contributed by atoms with E-state index in [1.54, 1.807) is 21.6 Å². The third-order valence-electron chi connectivity index (χ3n) is 4.38. The van der Waals surface area contributed by atoms with Crippen LogP contribution in [-0.4, -0.2) is 42.2 Å². The van der Waals surface area contributed by atoms with Crippen molar-refractivity contribution in [3.8, 4) is 0 Å². The number of nitrogens with one attached hydrogen (secondary N) is 2. The van der Waals surface area contributed by atoms with Crippen LogP contribution in [0.4, 0.5) is 4.79 Å². The van der Waals surface area contributed by atoms with E-state index in [4.69, 9.17) is 4.74 Å². The molecule has 0 aromatic rings. The number of hydrogen-bond donors (Lipinski definition) is 2. The second kappa shape index (κ2) is 24.8. The van der Waals surface area contributed by atoms with Gasteiger partial charge in [0.25, 0.3) is 0 Å². The number of rotatable bonds is 20. The highest BCUT2D eigenvalue weighted by atomic mass is 33.1. The van der Waals surface area contributed by atoms with Gasteiger partial charge in [0, 0.05) is 31.0 Å². The molecule has 0 aliphatic carbocycles. The summed E-state index contributed by atoms with van der Waals surface area (Å²) in [5.74, 6) is 1.75. The monoisotopic (exact) mass is 536 g/mol. The van der Waals surface area contributed by atoms with Crippen molar-refractivity contribution in [2.75, 3.05) is 24.6 Å². The van der Waals surface area contributed by atoms with Crippen molar-refractivity contribution < 1.29 is 14.3 Å². The predicted octanol–water partition coefficient (Wildman–Crippen LogP) is 7.93. The molecular formula is C29H48N2O3S2. The van der Waals surface area contributed by atoms with Crippen molar-refractivity contribution in [3.05, 3.63) is 60.8 Å². The predicted molar refractivity (Wildman–Crippen MR) is 160 cm³/mol. The minimum Gasteiger partial charge on any atom is -0.444 e. The van der Waals surface area contributed by atoms with Gasteiger partial charge in [-0.05, 0) is 65.7 Å². The molecule has 0 radical (unpaired) electrons. The maximum Gasteiger partial charge on any atom is 0.407 e. The molecule has 0 aromatic heterocycles. The maximum atomic E-state index is 11.9. The standard InChI is InChI=1S/C29H48N2O3S2/c1-5-6-7-8-9-10-11-12-13-14-15-16-17-18-19-20-21-22-27(32)30-23-25-35-36-26-24-31-28(33)34-29(2,3)4/h6-7,9-10,12-13,15-16,18-19H,5,8,11,14,17,20-26H2,1-4H3,(H,30,32)(H,31,33)/b7-6-,10-9-,13-12-,16-15-,19-18-. The molecule has 0 saturated carbocycles. The topological polar surface area (TPSA) is 67.4 Å². The summed E-state index contributed by atoms with van der Waals surface area (Å²) < 4.78 is 5.18. The summed E-state index contributed by atoms with van der Waals surface area (Å²) >= 11 is 0. The van der Waals surface area contributed by atoms with Gasteiger partial charge in [0.05, 0.1) is 0 Å². The first-order valence-corrected chi connectivity index (χ1v) is 15.6. The minimum absolute atomic E-state index is 0.111. The molecular weight excluding hydrogens is 488 g/mol. The Morgan fingerprint density at radius 3 is 1.69 bits per heavy atom. The maximum absolute atomic E-state index is 11.9. The van der Waals surface area contributed by atoms with E-state index in [2.05, 4.69) is 78.3 Å². The van der Waals surface area contributed by atoms with Gasteiger partial charge >= 0.3 is 6.09 Å². The Morgan fingerprint density at radius 1 is 0.722 bits per heavy atom. The molecule has 0 fully saturated rings. The van der Waals surface area contributed by atoms with Gasteiger partial charge in [-0.25, -0.2) is 4.79 Å². The molecule has 0 aliphatic heterocycles. The van der Waals surface area contributed by atoms with Crippen LogP contribution in [0, 0.1) is 0 Å². The molecule has 7 heteroatoms. The van der Waals surface area contributed by atoms with E-state index in [1.165, 1.54) is 0 Å². The van der Waals surface area contributed by atoms with E-state index in [0.717, 1.165) is 56.5 Å². The zero-order valence-corrected chi connectivity index (χ0v) is 24.4. The van der Waals surface area contributed by atoms with Crippen molar-refractivity contribution in [1.82, 2.24) is 10.6 Å². The Labute approximate surface area is 228 Å². The normalized spacial score (nSPS) is 12.6. The van der Waals surface area contributed by atoms with Gasteiger partial charge in [-0.15, -0.1) is 0 Å². The summed E-state index contributed by atoms with van der Waals surface area (Å²) in [5, 5.41) is 5.69. The third-order valence-corrected chi connectivity index (χ3v) is 6.79. The second-order valence-corrected chi connectivity index (χ2v) is 11.7. The van der Waals surface area contributed by atoms with Crippen LogP contribution in [0.25, 0.3) is 0 Å². The largest absolute Gasteiger partial charge is 0.444 e. The summed E-state index contributed by atoms with van der Waals surface area (Å²) in [6, 6.07) is 0. The average molecular weight is 537 g/mol. The molecule has 36 heavy (non-hydrogen) atoms. The molecule has 0 atom stereocenters. The zero-order chi connectivity index (χ0) is 26.7. The number of unbranched alkanes of at least 4 members (excludes halogenated alkanes) is 1. The molecule has 0 unspecified atom stereocenters. The smallest absolute Gasteiger partial charge is 0.407 e. The van der Waals surface area contributed by atoms with Crippen molar-refractivity contribution in [2.45, 2.75) is 84.7 Å². The van der Waals surface area contributed by atoms with Crippen LogP contribution >= 0.6 is 21.6 Å². The van der Waals surface area contributed by atoms with E-state index >= 15 is 0 Å². The van der Waals surface area contributed by atoms with Crippen LogP contribution in [0.5, 0.6) is 0 Å². The van der Waals surface area contributed by atoms with E-state index in [1.807, 2.05) is 20.8 Å². The highest BCUT2D eigenvalue weighted by molar-refractivity contribution is 8.76. The first kappa shape index (κ1) is 34.1. The third kappa shape index (κ3) is 28.4. The molecule has 0 aliphatic rings. The lowest BCUT2D eigenvalue weighted by Gasteiger charge is -2.19. The van der Waals surface area contributed by atoms with Gasteiger partial charge in [-0.3, -0.25) is 4.79 Å². The highest BCUT2D eigenvalue weighted by Gasteiger charge is 2.15. The molecule has 0 saturated heterocycles. The van der Waals surface area contributed by atoms with Crippen LogP contribution in [0.15, 0.2) is 60.8 Å². The first-order chi connectivity index (χ1) is 17.3. The van der Waals surface area contributed by atoms with Crippen molar-refractivity contribution in [1.29, 1.82) is 0 Å². The fourth-order valence-electron chi connectivity index (χ4n) is 2.70. The van der Waals surface area contributed by atoms with Crippen LogP contribution in [-0.2, 0) is 9.53 Å². The minimum atomic E-state index is -0.473. The van der Waals surface area contributed by atoms with E-state index < -0.39 is 5.60 Å². The second-order valence-electron chi connectivity index (χ2n) is 9.02. The van der Waals surface area contributed by atoms with Crippen LogP contribution in [0.2, 0.25) is 0 Å². The number of allylic oxidation sites excluding steroid dienone is 10. The van der Waals surface area contributed by atoms with Crippen LogP contribution in [0.3, 0.4) is 0 Å². The summed E-state index contributed by atoms with van der Waals surface area (Å²) in [6.45, 7) is 8.91. The van der Waals surface area contributed by atoms with E-state index in [-0.39, 0.29) is 12.0 Å². The van der Waals surface area contributed by atoms with Gasteiger partial charge in [0.15, 0.2) is 0 Å². The highest BCUT2D eigenvalue weighted by Crippen LogP contribution is 2.19. The molecule has 2 N–H and O–H groups in total. The van der Waals surface area contributed by atoms with Gasteiger partial charge < -0.3 is 15.4 Å². The lowest BCUT2D eigenvalue weighted by Crippen LogP contribution is -2.33. The molecule has 2 amide bonds. The Hall–Kier alpha value is -1.86. The van der Waals surface area contributed by atoms with Crippen LogP contribution < -0.4 is 10.6 Å². The lowest BCUT2D eigenvalue weighted by atomic mass is 10.2. The summed E-state index contributed by atoms with van der Waals surface area (Å²) in [4.78, 5) is 23.4. The fraction of sp³-hybridized carbons (Fsp3) is 0.586. The SMILES string of the molecule is CC/C=C\C/C=C\C/C=C\C/C=C\C/C=C\CCCC(=O)NCCSSCCNC(=O)OC(C)(C)C. The van der Waals surface area contributed by atoms with Crippen molar-refractivity contribution in [2.24, 2.45) is 0 Å². The Bertz CT molecular complexity index is 708. The molecule has 5 nitrogen and oxygen atoms in total. The number of carbonyl (C=O) groups excluding carboxylic acids is 2. The molecule has 0 heterocycles. The Morgan fingerprint density at radius 2 is 1.19 bits per heavy atom. The van der Waals surface area contributed by atoms with Crippen molar-refractivity contribution in [3.63, 3.8) is 0 Å². The number of carbonyl (C=O) groups is 2. The molecule has 0 aromatic carbocycles. The summed E-state index contributed by atoms with van der Waals surface area (Å²) in [6.07, 6.45) is 28.9. The fourth-order valence-corrected chi connectivity index (χ4v) is 4.51. The van der Waals surface area contributed by atoms with Crippen LogP contribution in [0.1, 0.15) is 79.1 Å². The summed E-state index contributed by atoms with van der Waals surface area (Å²) in [5.41, 5.74) is -0.473. The quantitative estimate of drug-likeness (QED) is 0.0939. The molecule has 204 valence electrons. The Balaban J connectivity index is 3.51. The van der Waals surface area contributed by atoms with E-state index in [0.29, 0.717) is 19.5 Å². The number of alkyl carbamates (subject to hydrolysis) is 1. The van der Waals surface area contributed by atoms with Gasteiger partial charge in [-0.1, -0.05) is 89.3 Å².